The molecule has 8 heteroatoms. The summed E-state index contributed by atoms with van der Waals surface area (Å²) in [7, 11) is 1.11. The molecule has 0 aromatic rings. The zero-order chi connectivity index (χ0) is 14.6. The van der Waals surface area contributed by atoms with Gasteiger partial charge in [-0.25, -0.2) is 0 Å². The van der Waals surface area contributed by atoms with E-state index in [1.165, 1.54) is 6.08 Å². The lowest BCUT2D eigenvalue weighted by molar-refractivity contribution is -0.339. The van der Waals surface area contributed by atoms with Crippen molar-refractivity contribution in [1.29, 1.82) is 0 Å². The van der Waals surface area contributed by atoms with Crippen LogP contribution in [0.5, 0.6) is 0 Å². The third kappa shape index (κ3) is 2.78. The molecule has 0 aromatic carbocycles. The van der Waals surface area contributed by atoms with Crippen molar-refractivity contribution in [3.63, 3.8) is 0 Å². The van der Waals surface area contributed by atoms with Gasteiger partial charge in [0.1, 0.15) is 24.4 Å². The average Bonchev–Trinajstić information content (AvgIpc) is 2.43. The van der Waals surface area contributed by atoms with Crippen LogP contribution in [-0.2, 0) is 14.3 Å². The number of carbonyl (C=O) groups is 1. The van der Waals surface area contributed by atoms with Gasteiger partial charge < -0.3 is 35.2 Å². The third-order valence-corrected chi connectivity index (χ3v) is 2.98. The molecule has 0 bridgehead atoms. The highest BCUT2D eigenvalue weighted by Gasteiger charge is 2.58. The molecule has 1 saturated heterocycles. The summed E-state index contributed by atoms with van der Waals surface area (Å²) in [6.45, 7) is 2.87. The average molecular weight is 277 g/mol. The van der Waals surface area contributed by atoms with E-state index in [1.807, 2.05) is 0 Å². The van der Waals surface area contributed by atoms with Crippen LogP contribution >= 0.6 is 0 Å². The minimum atomic E-state index is -2.20. The molecule has 1 rings (SSSR count). The summed E-state index contributed by atoms with van der Waals surface area (Å²) >= 11 is 0. The first-order valence-electron chi connectivity index (χ1n) is 5.71. The van der Waals surface area contributed by atoms with Gasteiger partial charge in [0.15, 0.2) is 0 Å². The minimum absolute atomic E-state index is 0.0997. The lowest BCUT2D eigenvalue weighted by Gasteiger charge is -2.45. The number of rotatable bonds is 5. The Labute approximate surface area is 110 Å². The first-order valence-corrected chi connectivity index (χ1v) is 5.71. The molecule has 0 radical (unpaired) electrons. The van der Waals surface area contributed by atoms with Gasteiger partial charge in [-0.2, -0.15) is 0 Å². The van der Waals surface area contributed by atoms with Gasteiger partial charge in [0.05, 0.1) is 6.61 Å². The molecule has 0 aromatic heterocycles. The number of nitrogens with one attached hydrogen (secondary N) is 1. The number of amides is 1. The molecule has 5 N–H and O–H groups in total. The molecule has 110 valence electrons. The van der Waals surface area contributed by atoms with Crippen LogP contribution in [0.2, 0.25) is 0 Å². The number of hydrogen-bond donors (Lipinski definition) is 5. The Hall–Kier alpha value is -1.03. The standard InChI is InChI=1S/C11H19NO7/c1-3-4-12-10(17)11(18-2)9(16)8(15)7(14)6(5-13)19-11/h3,6-9,13-16H,1,4-5H2,2H3,(H,12,17)/t6-,7-,8+,9-,11?/m1/s1. The van der Waals surface area contributed by atoms with E-state index in [9.17, 15) is 20.1 Å². The van der Waals surface area contributed by atoms with Crippen molar-refractivity contribution in [2.75, 3.05) is 20.3 Å². The second-order valence-corrected chi connectivity index (χ2v) is 4.14. The number of aliphatic hydroxyl groups is 4. The number of hydrogen-bond acceptors (Lipinski definition) is 7. The molecule has 1 fully saturated rings. The van der Waals surface area contributed by atoms with Crippen LogP contribution in [0.15, 0.2) is 12.7 Å². The maximum absolute atomic E-state index is 12.0. The SMILES string of the molecule is C=CCNC(=O)C1(OC)O[C@H](CO)[C@@H](O)[C@H](O)[C@H]1O. The van der Waals surface area contributed by atoms with Gasteiger partial charge >= 0.3 is 0 Å². The van der Waals surface area contributed by atoms with Gasteiger partial charge in [0.25, 0.3) is 11.7 Å². The summed E-state index contributed by atoms with van der Waals surface area (Å²) in [5, 5.41) is 40.7. The predicted molar refractivity (Wildman–Crippen MR) is 62.9 cm³/mol. The fourth-order valence-corrected chi connectivity index (χ4v) is 1.88. The molecule has 0 spiro atoms. The Kier molecular flexibility index (Phi) is 5.41. The lowest BCUT2D eigenvalue weighted by Crippen LogP contribution is -2.70. The summed E-state index contributed by atoms with van der Waals surface area (Å²) in [6.07, 6.45) is -4.88. The van der Waals surface area contributed by atoms with Crippen molar-refractivity contribution < 1.29 is 34.7 Å². The van der Waals surface area contributed by atoms with Crippen molar-refractivity contribution >= 4 is 5.91 Å². The van der Waals surface area contributed by atoms with Gasteiger partial charge in [0, 0.05) is 13.7 Å². The van der Waals surface area contributed by atoms with E-state index in [0.717, 1.165) is 7.11 Å². The maximum atomic E-state index is 12.0. The second kappa shape index (κ2) is 6.42. The zero-order valence-electron chi connectivity index (χ0n) is 10.5. The van der Waals surface area contributed by atoms with E-state index in [-0.39, 0.29) is 6.54 Å². The van der Waals surface area contributed by atoms with Crippen LogP contribution in [0.4, 0.5) is 0 Å². The van der Waals surface area contributed by atoms with Crippen LogP contribution in [-0.4, -0.2) is 76.8 Å². The number of ether oxygens (including phenoxy) is 2. The number of methoxy groups -OCH3 is 1. The molecular formula is C11H19NO7. The molecule has 19 heavy (non-hydrogen) atoms. The first-order chi connectivity index (χ1) is 8.94. The normalized spacial score (nSPS) is 38.8. The number of aliphatic hydroxyl groups excluding tert-OH is 4. The van der Waals surface area contributed by atoms with E-state index >= 15 is 0 Å². The number of carbonyl (C=O) groups excluding carboxylic acids is 1. The maximum Gasteiger partial charge on any atom is 0.283 e. The van der Waals surface area contributed by atoms with E-state index in [2.05, 4.69) is 11.9 Å². The Morgan fingerprint density at radius 3 is 2.58 bits per heavy atom. The van der Waals surface area contributed by atoms with Crippen LogP contribution in [0, 0.1) is 0 Å². The largest absolute Gasteiger partial charge is 0.394 e. The molecular weight excluding hydrogens is 258 g/mol. The first kappa shape index (κ1) is 16.0. The van der Waals surface area contributed by atoms with Crippen molar-refractivity contribution in [3.05, 3.63) is 12.7 Å². The summed E-state index contributed by atoms with van der Waals surface area (Å²) in [5.74, 6) is -3.04. The molecule has 8 nitrogen and oxygen atoms in total. The quantitative estimate of drug-likeness (QED) is 0.341. The van der Waals surface area contributed by atoms with Crippen LogP contribution in [0.1, 0.15) is 0 Å². The molecule has 1 aliphatic rings. The lowest BCUT2D eigenvalue weighted by atomic mass is 9.92. The molecule has 5 atom stereocenters. The molecule has 1 heterocycles. The summed E-state index contributed by atoms with van der Waals surface area (Å²) in [4.78, 5) is 12.0. The highest BCUT2D eigenvalue weighted by molar-refractivity contribution is 5.84. The Morgan fingerprint density at radius 2 is 2.11 bits per heavy atom. The minimum Gasteiger partial charge on any atom is -0.394 e. The summed E-state index contributed by atoms with van der Waals surface area (Å²) < 4.78 is 10.0. The molecule has 1 aliphatic heterocycles. The zero-order valence-corrected chi connectivity index (χ0v) is 10.5. The monoisotopic (exact) mass is 277 g/mol. The summed E-state index contributed by atoms with van der Waals surface area (Å²) in [5.41, 5.74) is 0. The highest BCUT2D eigenvalue weighted by atomic mass is 16.7. The van der Waals surface area contributed by atoms with Crippen molar-refractivity contribution in [1.82, 2.24) is 5.32 Å². The third-order valence-electron chi connectivity index (χ3n) is 2.98. The molecule has 1 amide bonds. The highest BCUT2D eigenvalue weighted by Crippen LogP contribution is 2.31. The van der Waals surface area contributed by atoms with Gasteiger partial charge in [-0.15, -0.1) is 6.58 Å². The van der Waals surface area contributed by atoms with Crippen molar-refractivity contribution in [3.8, 4) is 0 Å². The van der Waals surface area contributed by atoms with Crippen molar-refractivity contribution in [2.45, 2.75) is 30.2 Å². The van der Waals surface area contributed by atoms with E-state index in [0.29, 0.717) is 0 Å². The van der Waals surface area contributed by atoms with Crippen LogP contribution < -0.4 is 5.32 Å². The van der Waals surface area contributed by atoms with Crippen LogP contribution in [0.25, 0.3) is 0 Å². The Bertz CT molecular complexity index is 335. The fraction of sp³-hybridized carbons (Fsp3) is 0.727. The smallest absolute Gasteiger partial charge is 0.283 e. The fourth-order valence-electron chi connectivity index (χ4n) is 1.88. The summed E-state index contributed by atoms with van der Waals surface area (Å²) in [6, 6.07) is 0. The Morgan fingerprint density at radius 1 is 1.47 bits per heavy atom. The van der Waals surface area contributed by atoms with Gasteiger partial charge in [-0.1, -0.05) is 6.08 Å². The van der Waals surface area contributed by atoms with Gasteiger partial charge in [-0.05, 0) is 0 Å². The van der Waals surface area contributed by atoms with E-state index in [4.69, 9.17) is 14.6 Å². The van der Waals surface area contributed by atoms with E-state index in [1.54, 1.807) is 0 Å². The molecule has 0 saturated carbocycles. The van der Waals surface area contributed by atoms with E-state index < -0.39 is 42.7 Å². The van der Waals surface area contributed by atoms with Crippen LogP contribution in [0.3, 0.4) is 0 Å². The van der Waals surface area contributed by atoms with Crippen molar-refractivity contribution in [2.24, 2.45) is 0 Å². The second-order valence-electron chi connectivity index (χ2n) is 4.14. The van der Waals surface area contributed by atoms with Gasteiger partial charge in [0.2, 0.25) is 0 Å². The van der Waals surface area contributed by atoms with Gasteiger partial charge in [-0.3, -0.25) is 4.79 Å². The molecule has 1 unspecified atom stereocenters. The topological polar surface area (TPSA) is 128 Å². The molecule has 0 aliphatic carbocycles. The predicted octanol–water partition coefficient (Wildman–Crippen LogP) is -2.89. The Balaban J connectivity index is 3.02.